The van der Waals surface area contributed by atoms with Gasteiger partial charge in [-0.1, -0.05) is 11.6 Å². The standard InChI is InChI=1S/C12H16ClNO3/c1-3-17-7-6-14-12(15)10-8-9(13)4-5-11(10)16-2/h4-5,8H,3,6-7H2,1-2H3,(H,14,15). The Morgan fingerprint density at radius 3 is 2.88 bits per heavy atom. The molecule has 17 heavy (non-hydrogen) atoms. The van der Waals surface area contributed by atoms with Crippen LogP contribution in [0.3, 0.4) is 0 Å². The number of amides is 1. The van der Waals surface area contributed by atoms with Crippen LogP contribution in [0.1, 0.15) is 17.3 Å². The van der Waals surface area contributed by atoms with E-state index in [2.05, 4.69) is 5.32 Å². The Kier molecular flexibility index (Phi) is 5.80. The van der Waals surface area contributed by atoms with E-state index >= 15 is 0 Å². The molecule has 1 aromatic carbocycles. The number of carbonyl (C=O) groups is 1. The topological polar surface area (TPSA) is 47.6 Å². The van der Waals surface area contributed by atoms with E-state index in [9.17, 15) is 4.79 Å². The maximum atomic E-state index is 11.8. The first kappa shape index (κ1) is 13.8. The highest BCUT2D eigenvalue weighted by atomic mass is 35.5. The van der Waals surface area contributed by atoms with Crippen LogP contribution < -0.4 is 10.1 Å². The summed E-state index contributed by atoms with van der Waals surface area (Å²) in [6.07, 6.45) is 0. The fourth-order valence-electron chi connectivity index (χ4n) is 1.33. The molecule has 94 valence electrons. The van der Waals surface area contributed by atoms with Gasteiger partial charge in [0.15, 0.2) is 0 Å². The molecule has 0 bridgehead atoms. The summed E-state index contributed by atoms with van der Waals surface area (Å²) in [7, 11) is 1.51. The minimum Gasteiger partial charge on any atom is -0.496 e. The summed E-state index contributed by atoms with van der Waals surface area (Å²) in [6.45, 7) is 3.49. The highest BCUT2D eigenvalue weighted by Crippen LogP contribution is 2.22. The van der Waals surface area contributed by atoms with Crippen LogP contribution in [0.15, 0.2) is 18.2 Å². The predicted molar refractivity (Wildman–Crippen MR) is 66.8 cm³/mol. The SMILES string of the molecule is CCOCCNC(=O)c1cc(Cl)ccc1OC. The number of carbonyl (C=O) groups excluding carboxylic acids is 1. The van der Waals surface area contributed by atoms with Crippen molar-refractivity contribution < 1.29 is 14.3 Å². The van der Waals surface area contributed by atoms with Crippen molar-refractivity contribution >= 4 is 17.5 Å². The van der Waals surface area contributed by atoms with E-state index in [4.69, 9.17) is 21.1 Å². The van der Waals surface area contributed by atoms with Crippen molar-refractivity contribution in [3.05, 3.63) is 28.8 Å². The zero-order valence-electron chi connectivity index (χ0n) is 9.96. The molecule has 0 spiro atoms. The van der Waals surface area contributed by atoms with Crippen LogP contribution in [-0.2, 0) is 4.74 Å². The van der Waals surface area contributed by atoms with E-state index in [0.717, 1.165) is 0 Å². The maximum Gasteiger partial charge on any atom is 0.255 e. The van der Waals surface area contributed by atoms with E-state index < -0.39 is 0 Å². The average Bonchev–Trinajstić information content (AvgIpc) is 2.34. The first-order valence-electron chi connectivity index (χ1n) is 5.38. The van der Waals surface area contributed by atoms with Gasteiger partial charge in [0.05, 0.1) is 19.3 Å². The van der Waals surface area contributed by atoms with Gasteiger partial charge in [0, 0.05) is 18.2 Å². The van der Waals surface area contributed by atoms with Crippen LogP contribution in [-0.4, -0.2) is 32.8 Å². The third kappa shape index (κ3) is 4.24. The minimum atomic E-state index is -0.218. The van der Waals surface area contributed by atoms with Crippen molar-refractivity contribution in [3.8, 4) is 5.75 Å². The molecule has 0 unspecified atom stereocenters. The number of ether oxygens (including phenoxy) is 2. The van der Waals surface area contributed by atoms with Gasteiger partial charge in [-0.15, -0.1) is 0 Å². The fourth-order valence-corrected chi connectivity index (χ4v) is 1.51. The molecular weight excluding hydrogens is 242 g/mol. The van der Waals surface area contributed by atoms with Gasteiger partial charge in [-0.05, 0) is 25.1 Å². The Balaban J connectivity index is 2.64. The van der Waals surface area contributed by atoms with Crippen molar-refractivity contribution in [2.75, 3.05) is 26.9 Å². The molecule has 0 aliphatic carbocycles. The molecule has 0 saturated carbocycles. The summed E-state index contributed by atoms with van der Waals surface area (Å²) in [5.74, 6) is 0.285. The average molecular weight is 258 g/mol. The number of nitrogens with one attached hydrogen (secondary N) is 1. The first-order valence-corrected chi connectivity index (χ1v) is 5.76. The molecular formula is C12H16ClNO3. The molecule has 0 radical (unpaired) electrons. The zero-order chi connectivity index (χ0) is 12.7. The lowest BCUT2D eigenvalue weighted by molar-refractivity contribution is 0.0919. The molecule has 1 rings (SSSR count). The van der Waals surface area contributed by atoms with E-state index in [0.29, 0.717) is 36.1 Å². The quantitative estimate of drug-likeness (QED) is 0.794. The van der Waals surface area contributed by atoms with Crippen molar-refractivity contribution in [2.24, 2.45) is 0 Å². The van der Waals surface area contributed by atoms with Crippen molar-refractivity contribution in [3.63, 3.8) is 0 Å². The third-order valence-electron chi connectivity index (χ3n) is 2.14. The molecule has 0 atom stereocenters. The van der Waals surface area contributed by atoms with E-state index in [-0.39, 0.29) is 5.91 Å². The van der Waals surface area contributed by atoms with Crippen LogP contribution in [0.5, 0.6) is 5.75 Å². The van der Waals surface area contributed by atoms with Gasteiger partial charge in [0.2, 0.25) is 0 Å². The Bertz CT molecular complexity index is 382. The number of rotatable bonds is 6. The number of methoxy groups -OCH3 is 1. The van der Waals surface area contributed by atoms with Gasteiger partial charge < -0.3 is 14.8 Å². The molecule has 1 N–H and O–H groups in total. The largest absolute Gasteiger partial charge is 0.496 e. The highest BCUT2D eigenvalue weighted by Gasteiger charge is 2.12. The molecule has 1 aromatic rings. The number of halogens is 1. The summed E-state index contributed by atoms with van der Waals surface area (Å²) in [5, 5.41) is 3.23. The number of benzene rings is 1. The van der Waals surface area contributed by atoms with Crippen LogP contribution in [0.2, 0.25) is 5.02 Å². The van der Waals surface area contributed by atoms with Crippen LogP contribution >= 0.6 is 11.6 Å². The molecule has 1 amide bonds. The van der Waals surface area contributed by atoms with Gasteiger partial charge in [-0.2, -0.15) is 0 Å². The summed E-state index contributed by atoms with van der Waals surface area (Å²) >= 11 is 5.84. The second-order valence-electron chi connectivity index (χ2n) is 3.30. The summed E-state index contributed by atoms with van der Waals surface area (Å²) < 4.78 is 10.2. The molecule has 0 fully saturated rings. The van der Waals surface area contributed by atoms with Gasteiger partial charge in [-0.3, -0.25) is 4.79 Å². The molecule has 4 nitrogen and oxygen atoms in total. The monoisotopic (exact) mass is 257 g/mol. The lowest BCUT2D eigenvalue weighted by atomic mass is 10.2. The van der Waals surface area contributed by atoms with Crippen LogP contribution in [0.25, 0.3) is 0 Å². The first-order chi connectivity index (χ1) is 8.19. The summed E-state index contributed by atoms with van der Waals surface area (Å²) in [4.78, 5) is 11.8. The van der Waals surface area contributed by atoms with E-state index in [1.54, 1.807) is 18.2 Å². The lowest BCUT2D eigenvalue weighted by Gasteiger charge is -2.09. The van der Waals surface area contributed by atoms with Crippen molar-refractivity contribution in [1.29, 1.82) is 0 Å². The van der Waals surface area contributed by atoms with Gasteiger partial charge in [0.1, 0.15) is 5.75 Å². The van der Waals surface area contributed by atoms with Crippen molar-refractivity contribution in [2.45, 2.75) is 6.92 Å². The van der Waals surface area contributed by atoms with Gasteiger partial charge in [0.25, 0.3) is 5.91 Å². The van der Waals surface area contributed by atoms with Gasteiger partial charge in [-0.25, -0.2) is 0 Å². The maximum absolute atomic E-state index is 11.8. The highest BCUT2D eigenvalue weighted by molar-refractivity contribution is 6.31. The normalized spacial score (nSPS) is 10.1. The molecule has 5 heteroatoms. The lowest BCUT2D eigenvalue weighted by Crippen LogP contribution is -2.27. The van der Waals surface area contributed by atoms with Gasteiger partial charge >= 0.3 is 0 Å². The van der Waals surface area contributed by atoms with Crippen LogP contribution in [0, 0.1) is 0 Å². The molecule has 0 aromatic heterocycles. The summed E-state index contributed by atoms with van der Waals surface area (Å²) in [6, 6.07) is 4.92. The Morgan fingerprint density at radius 1 is 1.47 bits per heavy atom. The molecule has 0 saturated heterocycles. The Labute approximate surface area is 106 Å². The third-order valence-corrected chi connectivity index (χ3v) is 2.38. The van der Waals surface area contributed by atoms with Crippen molar-refractivity contribution in [1.82, 2.24) is 5.32 Å². The Morgan fingerprint density at radius 2 is 2.24 bits per heavy atom. The second kappa shape index (κ2) is 7.14. The minimum absolute atomic E-state index is 0.218. The summed E-state index contributed by atoms with van der Waals surface area (Å²) in [5.41, 5.74) is 0.427. The van der Waals surface area contributed by atoms with E-state index in [1.807, 2.05) is 6.92 Å². The fraction of sp³-hybridized carbons (Fsp3) is 0.417. The molecule has 0 heterocycles. The zero-order valence-corrected chi connectivity index (χ0v) is 10.7. The second-order valence-corrected chi connectivity index (χ2v) is 3.73. The predicted octanol–water partition coefficient (Wildman–Crippen LogP) is 2.11. The number of hydrogen-bond donors (Lipinski definition) is 1. The Hall–Kier alpha value is -1.26. The molecule has 0 aliphatic heterocycles. The smallest absolute Gasteiger partial charge is 0.255 e. The van der Waals surface area contributed by atoms with Crippen LogP contribution in [0.4, 0.5) is 0 Å². The number of hydrogen-bond acceptors (Lipinski definition) is 3. The van der Waals surface area contributed by atoms with E-state index in [1.165, 1.54) is 7.11 Å². The molecule has 0 aliphatic rings.